The summed E-state index contributed by atoms with van der Waals surface area (Å²) < 4.78 is 0. The first-order valence-corrected chi connectivity index (χ1v) is 18.8. The van der Waals surface area contributed by atoms with Crippen molar-refractivity contribution in [1.29, 1.82) is 0 Å². The second-order valence-corrected chi connectivity index (χ2v) is 14.4. The molecule has 0 saturated carbocycles. The molecule has 0 spiro atoms. The van der Waals surface area contributed by atoms with E-state index in [1.807, 2.05) is 0 Å². The number of rotatable bonds is 5. The quantitative estimate of drug-likeness (QED) is 0.163. The van der Waals surface area contributed by atoms with Crippen LogP contribution in [0.5, 0.6) is 0 Å². The zero-order valence-electron chi connectivity index (χ0n) is 29.7. The molecule has 0 heterocycles. The minimum absolute atomic E-state index is 0.507. The Morgan fingerprint density at radius 1 is 0.315 bits per heavy atom. The highest BCUT2D eigenvalue weighted by molar-refractivity contribution is 6.19. The molecule has 0 N–H and O–H groups in total. The number of nitrogens with zero attached hydrogens (tertiary/aromatic N) is 1. The average molecular weight is 686 g/mol. The molecule has 0 aliphatic heterocycles. The highest BCUT2D eigenvalue weighted by Crippen LogP contribution is 2.57. The summed E-state index contributed by atoms with van der Waals surface area (Å²) in [7, 11) is 0. The van der Waals surface area contributed by atoms with E-state index in [4.69, 9.17) is 0 Å². The smallest absolute Gasteiger partial charge is 0.0714 e. The first-order chi connectivity index (χ1) is 26.8. The maximum absolute atomic E-state index is 2.54. The Balaban J connectivity index is 1.29. The molecular weight excluding hydrogens is 651 g/mol. The number of anilines is 3. The van der Waals surface area contributed by atoms with E-state index in [0.717, 1.165) is 17.1 Å². The van der Waals surface area contributed by atoms with Crippen LogP contribution in [0.2, 0.25) is 0 Å². The van der Waals surface area contributed by atoms with Crippen LogP contribution in [0.25, 0.3) is 54.2 Å². The van der Waals surface area contributed by atoms with Gasteiger partial charge >= 0.3 is 0 Å². The predicted octanol–water partition coefficient (Wildman–Crippen LogP) is 14.1. The molecule has 11 rings (SSSR count). The molecule has 0 radical (unpaired) electrons. The summed E-state index contributed by atoms with van der Waals surface area (Å²) in [6.07, 6.45) is 0. The third kappa shape index (κ3) is 4.39. The van der Waals surface area contributed by atoms with Gasteiger partial charge in [0.2, 0.25) is 0 Å². The zero-order chi connectivity index (χ0) is 35.6. The van der Waals surface area contributed by atoms with Gasteiger partial charge < -0.3 is 4.90 Å². The van der Waals surface area contributed by atoms with Gasteiger partial charge in [-0.1, -0.05) is 188 Å². The Bertz CT molecular complexity index is 2890. The van der Waals surface area contributed by atoms with Crippen LogP contribution in [0.4, 0.5) is 17.1 Å². The molecule has 252 valence electrons. The second kappa shape index (κ2) is 12.0. The molecule has 1 aliphatic carbocycles. The maximum atomic E-state index is 2.54. The van der Waals surface area contributed by atoms with Crippen molar-refractivity contribution < 1.29 is 0 Å². The van der Waals surface area contributed by atoms with Gasteiger partial charge in [-0.05, 0) is 90.0 Å². The van der Waals surface area contributed by atoms with Gasteiger partial charge in [-0.3, -0.25) is 0 Å². The summed E-state index contributed by atoms with van der Waals surface area (Å²) in [5, 5.41) is 9.89. The van der Waals surface area contributed by atoms with Gasteiger partial charge in [0.15, 0.2) is 0 Å². The monoisotopic (exact) mass is 685 g/mol. The van der Waals surface area contributed by atoms with Crippen LogP contribution in [-0.2, 0) is 5.41 Å². The van der Waals surface area contributed by atoms with Crippen molar-refractivity contribution in [2.45, 2.75) is 5.41 Å². The second-order valence-electron chi connectivity index (χ2n) is 14.4. The van der Waals surface area contributed by atoms with Gasteiger partial charge in [0.05, 0.1) is 16.8 Å². The molecule has 0 bridgehead atoms. The normalized spacial score (nSPS) is 13.0. The number of benzene rings is 10. The summed E-state index contributed by atoms with van der Waals surface area (Å²) in [5.74, 6) is 0. The summed E-state index contributed by atoms with van der Waals surface area (Å²) in [6.45, 7) is 0. The lowest BCUT2D eigenvalue weighted by Gasteiger charge is -2.35. The van der Waals surface area contributed by atoms with E-state index in [9.17, 15) is 0 Å². The van der Waals surface area contributed by atoms with Crippen LogP contribution in [0, 0.1) is 0 Å². The summed E-state index contributed by atoms with van der Waals surface area (Å²) in [4.78, 5) is 2.54. The van der Waals surface area contributed by atoms with Crippen molar-refractivity contribution in [3.63, 3.8) is 0 Å². The van der Waals surface area contributed by atoms with Gasteiger partial charge in [0, 0.05) is 16.5 Å². The van der Waals surface area contributed by atoms with E-state index < -0.39 is 5.41 Å². The summed E-state index contributed by atoms with van der Waals surface area (Å²) in [6, 6.07) is 78.5. The van der Waals surface area contributed by atoms with Crippen molar-refractivity contribution in [1.82, 2.24) is 0 Å². The first kappa shape index (κ1) is 30.6. The third-order valence-corrected chi connectivity index (χ3v) is 11.7. The fourth-order valence-electron chi connectivity index (χ4n) is 9.43. The topological polar surface area (TPSA) is 3.24 Å². The van der Waals surface area contributed by atoms with E-state index in [-0.39, 0.29) is 0 Å². The van der Waals surface area contributed by atoms with Gasteiger partial charge in [-0.25, -0.2) is 0 Å². The van der Waals surface area contributed by atoms with Gasteiger partial charge in [0.25, 0.3) is 0 Å². The lowest BCUT2D eigenvalue weighted by Crippen LogP contribution is -2.28. The van der Waals surface area contributed by atoms with Gasteiger partial charge in [0.1, 0.15) is 0 Å². The molecule has 0 saturated heterocycles. The van der Waals surface area contributed by atoms with Gasteiger partial charge in [-0.15, -0.1) is 0 Å². The van der Waals surface area contributed by atoms with Crippen molar-refractivity contribution in [2.24, 2.45) is 0 Å². The van der Waals surface area contributed by atoms with E-state index in [1.165, 1.54) is 76.5 Å². The first-order valence-electron chi connectivity index (χ1n) is 18.8. The molecular formula is C53H35N. The molecule has 10 aromatic rings. The van der Waals surface area contributed by atoms with Crippen LogP contribution in [0.3, 0.4) is 0 Å². The Morgan fingerprint density at radius 3 is 1.37 bits per heavy atom. The third-order valence-electron chi connectivity index (χ3n) is 11.7. The number of hydrogen-bond acceptors (Lipinski definition) is 1. The minimum Gasteiger partial charge on any atom is -0.309 e. The lowest BCUT2D eigenvalue weighted by atomic mass is 9.67. The molecule has 10 aromatic carbocycles. The van der Waals surface area contributed by atoms with Gasteiger partial charge in [-0.2, -0.15) is 0 Å². The summed E-state index contributed by atoms with van der Waals surface area (Å²) in [5.41, 5.74) is 10.6. The lowest BCUT2D eigenvalue weighted by molar-refractivity contribution is 0.768. The SMILES string of the molecule is c1ccc(C2(c3ccccc3)c3ccccc3-c3ccc(N(c4cccc5ccc6ccccc6c45)c4cccc5ccc6ccccc6c45)cc32)cc1. The predicted molar refractivity (Wildman–Crippen MR) is 228 cm³/mol. The molecule has 54 heavy (non-hydrogen) atoms. The highest BCUT2D eigenvalue weighted by atomic mass is 15.1. The fraction of sp³-hybridized carbons (Fsp3) is 0.0189. The van der Waals surface area contributed by atoms with Crippen LogP contribution >= 0.6 is 0 Å². The van der Waals surface area contributed by atoms with E-state index in [1.54, 1.807) is 0 Å². The molecule has 0 unspecified atom stereocenters. The molecule has 1 heteroatoms. The molecule has 0 fully saturated rings. The molecule has 1 aliphatic rings. The number of hydrogen-bond donors (Lipinski definition) is 0. The minimum atomic E-state index is -0.507. The van der Waals surface area contributed by atoms with E-state index >= 15 is 0 Å². The van der Waals surface area contributed by atoms with Crippen molar-refractivity contribution in [3.05, 3.63) is 235 Å². The maximum Gasteiger partial charge on any atom is 0.0714 e. The van der Waals surface area contributed by atoms with E-state index in [0.29, 0.717) is 0 Å². The molecule has 0 amide bonds. The Kier molecular flexibility index (Phi) is 6.84. The largest absolute Gasteiger partial charge is 0.309 e. The zero-order valence-corrected chi connectivity index (χ0v) is 29.7. The fourth-order valence-corrected chi connectivity index (χ4v) is 9.43. The Labute approximate surface area is 315 Å². The van der Waals surface area contributed by atoms with Crippen molar-refractivity contribution in [3.8, 4) is 11.1 Å². The van der Waals surface area contributed by atoms with Crippen molar-refractivity contribution >= 4 is 60.2 Å². The molecule has 1 nitrogen and oxygen atoms in total. The van der Waals surface area contributed by atoms with Crippen LogP contribution < -0.4 is 4.90 Å². The standard InChI is InChI=1S/C53H35N/c1-3-19-40(20-4-1)53(41-21-5-2-6-22-41)47-26-12-11-25-45(47)46-34-33-42(35-48(46)53)54(49-27-13-17-38-31-29-36-15-7-9-23-43(36)51(38)49)50-28-14-18-39-32-30-37-16-8-10-24-44(37)52(39)50/h1-35H. The molecule has 0 aromatic heterocycles. The van der Waals surface area contributed by atoms with Crippen LogP contribution in [0.15, 0.2) is 212 Å². The van der Waals surface area contributed by atoms with Crippen LogP contribution in [-0.4, -0.2) is 0 Å². The Hall–Kier alpha value is -6.96. The van der Waals surface area contributed by atoms with Crippen molar-refractivity contribution in [2.75, 3.05) is 4.90 Å². The Morgan fingerprint density at radius 2 is 0.778 bits per heavy atom. The number of fused-ring (bicyclic) bond motifs is 9. The summed E-state index contributed by atoms with van der Waals surface area (Å²) >= 11 is 0. The average Bonchev–Trinajstić information content (AvgIpc) is 3.54. The van der Waals surface area contributed by atoms with E-state index in [2.05, 4.69) is 217 Å². The van der Waals surface area contributed by atoms with Crippen LogP contribution in [0.1, 0.15) is 22.3 Å². The molecule has 0 atom stereocenters. The highest BCUT2D eigenvalue weighted by Gasteiger charge is 2.46.